The van der Waals surface area contributed by atoms with Crippen LogP contribution in [0.5, 0.6) is 0 Å². The molecule has 2 aromatic rings. The Morgan fingerprint density at radius 3 is 2.72 bits per heavy atom. The number of anilines is 2. The lowest BCUT2D eigenvalue weighted by Crippen LogP contribution is -2.30. The van der Waals surface area contributed by atoms with Crippen molar-refractivity contribution in [2.45, 2.75) is 26.4 Å². The van der Waals surface area contributed by atoms with Crippen molar-refractivity contribution in [3.8, 4) is 0 Å². The van der Waals surface area contributed by atoms with Gasteiger partial charge in [0.15, 0.2) is 0 Å². The lowest BCUT2D eigenvalue weighted by molar-refractivity contribution is 0.677. The van der Waals surface area contributed by atoms with E-state index in [2.05, 4.69) is 52.6 Å². The molecule has 0 fully saturated rings. The van der Waals surface area contributed by atoms with E-state index in [1.165, 1.54) is 4.88 Å². The van der Waals surface area contributed by atoms with E-state index in [4.69, 9.17) is 0 Å². The molecule has 2 heterocycles. The van der Waals surface area contributed by atoms with Gasteiger partial charge in [0.05, 0.1) is 6.54 Å². The topological polar surface area (TPSA) is 28.2 Å². The molecule has 3 nitrogen and oxygen atoms in total. The van der Waals surface area contributed by atoms with Crippen LogP contribution in [-0.4, -0.2) is 18.1 Å². The first-order valence-electron chi connectivity index (χ1n) is 6.14. The van der Waals surface area contributed by atoms with Crippen molar-refractivity contribution in [2.24, 2.45) is 0 Å². The third kappa shape index (κ3) is 3.01. The summed E-state index contributed by atoms with van der Waals surface area (Å²) in [4.78, 5) is 8.29. The molecule has 1 N–H and O–H groups in total. The molecule has 0 aliphatic carbocycles. The van der Waals surface area contributed by atoms with E-state index in [1.807, 2.05) is 19.2 Å². The van der Waals surface area contributed by atoms with Gasteiger partial charge in [-0.1, -0.05) is 12.1 Å². The molecule has 18 heavy (non-hydrogen) atoms. The Morgan fingerprint density at radius 1 is 1.28 bits per heavy atom. The minimum atomic E-state index is 0.423. The second kappa shape index (κ2) is 5.87. The Bertz CT molecular complexity index is 480. The highest BCUT2D eigenvalue weighted by Gasteiger charge is 2.13. The van der Waals surface area contributed by atoms with Crippen LogP contribution in [0.1, 0.15) is 18.7 Å². The zero-order valence-corrected chi connectivity index (χ0v) is 11.9. The van der Waals surface area contributed by atoms with Gasteiger partial charge >= 0.3 is 0 Å². The van der Waals surface area contributed by atoms with Crippen LogP contribution in [0.15, 0.2) is 35.7 Å². The predicted octanol–water partition coefficient (Wildman–Crippen LogP) is 3.60. The number of nitrogens with one attached hydrogen (secondary N) is 1. The Balaban J connectivity index is 2.23. The molecule has 0 unspecified atom stereocenters. The van der Waals surface area contributed by atoms with E-state index in [9.17, 15) is 0 Å². The molecule has 0 aliphatic heterocycles. The Morgan fingerprint density at radius 2 is 2.11 bits per heavy atom. The Labute approximate surface area is 112 Å². The molecule has 0 amide bonds. The summed E-state index contributed by atoms with van der Waals surface area (Å²) in [6.45, 7) is 5.30. The van der Waals surface area contributed by atoms with Gasteiger partial charge < -0.3 is 10.2 Å². The summed E-state index contributed by atoms with van der Waals surface area (Å²) in [7, 11) is 1.89. The first-order valence-corrected chi connectivity index (χ1v) is 7.02. The summed E-state index contributed by atoms with van der Waals surface area (Å²) < 4.78 is 0. The summed E-state index contributed by atoms with van der Waals surface area (Å²) in [6, 6.07) is 10.8. The SMILES string of the molecule is CNc1cccc(N(Cc2cccs2)C(C)C)n1. The zero-order chi connectivity index (χ0) is 13.0. The smallest absolute Gasteiger partial charge is 0.131 e. The predicted molar refractivity (Wildman–Crippen MR) is 79.4 cm³/mol. The number of rotatable bonds is 5. The molecule has 96 valence electrons. The van der Waals surface area contributed by atoms with Crippen molar-refractivity contribution in [3.05, 3.63) is 40.6 Å². The Hall–Kier alpha value is -1.55. The van der Waals surface area contributed by atoms with Gasteiger partial charge in [0.2, 0.25) is 0 Å². The van der Waals surface area contributed by atoms with Crippen molar-refractivity contribution in [1.29, 1.82) is 0 Å². The molecule has 0 bridgehead atoms. The van der Waals surface area contributed by atoms with Crippen LogP contribution < -0.4 is 10.2 Å². The van der Waals surface area contributed by atoms with Crippen LogP contribution in [0.3, 0.4) is 0 Å². The van der Waals surface area contributed by atoms with Crippen LogP contribution >= 0.6 is 11.3 Å². The van der Waals surface area contributed by atoms with Crippen molar-refractivity contribution in [2.75, 3.05) is 17.3 Å². The average Bonchev–Trinajstić information content (AvgIpc) is 2.88. The zero-order valence-electron chi connectivity index (χ0n) is 11.1. The number of hydrogen-bond acceptors (Lipinski definition) is 4. The van der Waals surface area contributed by atoms with E-state index < -0.39 is 0 Å². The average molecular weight is 261 g/mol. The summed E-state index contributed by atoms with van der Waals surface area (Å²) in [5, 5.41) is 5.20. The molecular formula is C14H19N3S. The van der Waals surface area contributed by atoms with Gasteiger partial charge in [0.25, 0.3) is 0 Å². The lowest BCUT2D eigenvalue weighted by atomic mass is 10.3. The molecule has 0 saturated heterocycles. The van der Waals surface area contributed by atoms with Gasteiger partial charge in [0.1, 0.15) is 11.6 Å². The van der Waals surface area contributed by atoms with Crippen molar-refractivity contribution >= 4 is 23.0 Å². The highest BCUT2D eigenvalue weighted by atomic mass is 32.1. The van der Waals surface area contributed by atoms with Crippen molar-refractivity contribution < 1.29 is 0 Å². The van der Waals surface area contributed by atoms with Crippen LogP contribution in [0, 0.1) is 0 Å². The third-order valence-electron chi connectivity index (χ3n) is 2.81. The largest absolute Gasteiger partial charge is 0.373 e. The fourth-order valence-electron chi connectivity index (χ4n) is 1.82. The van der Waals surface area contributed by atoms with Gasteiger partial charge in [-0.25, -0.2) is 4.98 Å². The summed E-state index contributed by atoms with van der Waals surface area (Å²) >= 11 is 1.79. The minimum Gasteiger partial charge on any atom is -0.373 e. The third-order valence-corrected chi connectivity index (χ3v) is 3.68. The van der Waals surface area contributed by atoms with E-state index in [0.717, 1.165) is 18.2 Å². The molecule has 2 aromatic heterocycles. The number of thiophene rings is 1. The molecule has 2 rings (SSSR count). The molecule has 0 aliphatic rings. The van der Waals surface area contributed by atoms with Crippen LogP contribution in [-0.2, 0) is 6.54 Å². The van der Waals surface area contributed by atoms with Crippen LogP contribution in [0.25, 0.3) is 0 Å². The highest BCUT2D eigenvalue weighted by molar-refractivity contribution is 7.09. The quantitative estimate of drug-likeness (QED) is 0.891. The van der Waals surface area contributed by atoms with Gasteiger partial charge in [0, 0.05) is 18.0 Å². The summed E-state index contributed by atoms with van der Waals surface area (Å²) in [6.07, 6.45) is 0. The maximum atomic E-state index is 4.61. The van der Waals surface area contributed by atoms with Crippen molar-refractivity contribution in [3.63, 3.8) is 0 Å². The lowest BCUT2D eigenvalue weighted by Gasteiger charge is -2.27. The van der Waals surface area contributed by atoms with E-state index in [1.54, 1.807) is 11.3 Å². The number of aromatic nitrogens is 1. The van der Waals surface area contributed by atoms with Gasteiger partial charge in [-0.3, -0.25) is 0 Å². The normalized spacial score (nSPS) is 10.7. The number of pyridine rings is 1. The Kier molecular flexibility index (Phi) is 4.20. The van der Waals surface area contributed by atoms with E-state index in [0.29, 0.717) is 6.04 Å². The second-order valence-corrected chi connectivity index (χ2v) is 5.46. The number of hydrogen-bond donors (Lipinski definition) is 1. The fourth-order valence-corrected chi connectivity index (χ4v) is 2.52. The van der Waals surface area contributed by atoms with E-state index in [-0.39, 0.29) is 0 Å². The second-order valence-electron chi connectivity index (χ2n) is 4.43. The molecule has 0 spiro atoms. The maximum absolute atomic E-state index is 4.61. The van der Waals surface area contributed by atoms with Gasteiger partial charge in [-0.05, 0) is 37.4 Å². The monoisotopic (exact) mass is 261 g/mol. The first kappa shape index (κ1) is 12.9. The summed E-state index contributed by atoms with van der Waals surface area (Å²) in [5.41, 5.74) is 0. The van der Waals surface area contributed by atoms with Crippen molar-refractivity contribution in [1.82, 2.24) is 4.98 Å². The standard InChI is InChI=1S/C14H19N3S/c1-11(2)17(10-12-6-5-9-18-12)14-8-4-7-13(15-3)16-14/h4-9,11H,10H2,1-3H3,(H,15,16). The van der Waals surface area contributed by atoms with Crippen LogP contribution in [0.2, 0.25) is 0 Å². The first-order chi connectivity index (χ1) is 8.70. The van der Waals surface area contributed by atoms with Gasteiger partial charge in [-0.2, -0.15) is 0 Å². The minimum absolute atomic E-state index is 0.423. The van der Waals surface area contributed by atoms with Crippen LogP contribution in [0.4, 0.5) is 11.6 Å². The molecule has 0 saturated carbocycles. The molecule has 0 aromatic carbocycles. The molecule has 4 heteroatoms. The summed E-state index contributed by atoms with van der Waals surface area (Å²) in [5.74, 6) is 1.93. The highest BCUT2D eigenvalue weighted by Crippen LogP contribution is 2.21. The molecule has 0 radical (unpaired) electrons. The van der Waals surface area contributed by atoms with E-state index >= 15 is 0 Å². The number of nitrogens with zero attached hydrogens (tertiary/aromatic N) is 2. The maximum Gasteiger partial charge on any atom is 0.131 e. The molecular weight excluding hydrogens is 242 g/mol. The fraction of sp³-hybridized carbons (Fsp3) is 0.357. The molecule has 0 atom stereocenters. The van der Waals surface area contributed by atoms with Gasteiger partial charge in [-0.15, -0.1) is 11.3 Å².